The lowest BCUT2D eigenvalue weighted by molar-refractivity contribution is 0.0437. The molecule has 2 N–H and O–H groups in total. The summed E-state index contributed by atoms with van der Waals surface area (Å²) in [5.41, 5.74) is 2.88. The van der Waals surface area contributed by atoms with Crippen molar-refractivity contribution in [2.75, 3.05) is 6.73 Å². The monoisotopic (exact) mass is 525 g/mol. The highest BCUT2D eigenvalue weighted by molar-refractivity contribution is 7.13. The first-order valence-electron chi connectivity index (χ1n) is 13.4. The minimum absolute atomic E-state index is 0.202. The van der Waals surface area contributed by atoms with E-state index in [1.54, 1.807) is 0 Å². The zero-order valence-corrected chi connectivity index (χ0v) is 25.2. The standard InChI is InChI=1S/C31H48NO2PSi/c1-6-28(34-25-32-35)23-22-27(3)16-13-15-26(2)17-14-24-31(4,5)36(33,29-18-9-7-10-19-29)30-20-11-8-12-21-30/h7-12,16-21,28,32-33H,6,13-15,22-25,35H2,1-5H3/b26-17+,27-16+. The van der Waals surface area contributed by atoms with E-state index in [1.807, 2.05) is 36.4 Å². The molecule has 2 unspecified atom stereocenters. The van der Waals surface area contributed by atoms with E-state index in [0.717, 1.165) is 55.3 Å². The summed E-state index contributed by atoms with van der Waals surface area (Å²) in [7, 11) is -0.441. The molecule has 0 aliphatic carbocycles. The summed E-state index contributed by atoms with van der Waals surface area (Å²) < 4.78 is 5.80. The fourth-order valence-corrected chi connectivity index (χ4v) is 8.73. The van der Waals surface area contributed by atoms with Crippen LogP contribution in [0.1, 0.15) is 79.6 Å². The van der Waals surface area contributed by atoms with Gasteiger partial charge in [-0.2, -0.15) is 0 Å². The second-order valence-electron chi connectivity index (χ2n) is 10.6. The van der Waals surface area contributed by atoms with Crippen LogP contribution in [0.3, 0.4) is 0 Å². The third-order valence-corrected chi connectivity index (χ3v) is 12.1. The normalized spacial score (nSPS) is 14.2. The predicted octanol–water partition coefficient (Wildman–Crippen LogP) is 6.88. The van der Waals surface area contributed by atoms with Gasteiger partial charge >= 0.3 is 0 Å². The highest BCUT2D eigenvalue weighted by atomic mass is 31.0. The van der Waals surface area contributed by atoms with Gasteiger partial charge in [0.1, 0.15) is 0 Å². The maximum atomic E-state index is 12.3. The van der Waals surface area contributed by atoms with Gasteiger partial charge in [0.15, 0.2) is 0 Å². The maximum Gasteiger partial charge on any atom is 0.258 e. The van der Waals surface area contributed by atoms with Gasteiger partial charge < -0.3 is 9.53 Å². The molecule has 0 radical (unpaired) electrons. The molecule has 0 saturated heterocycles. The number of hydrogen-bond acceptors (Lipinski definition) is 3. The fraction of sp³-hybridized carbons (Fsp3) is 0.484. The van der Waals surface area contributed by atoms with Crippen molar-refractivity contribution >= 4 is 28.1 Å². The van der Waals surface area contributed by atoms with Gasteiger partial charge in [-0.15, -0.1) is 0 Å². The predicted molar refractivity (Wildman–Crippen MR) is 162 cm³/mol. The molecular formula is C31H48NO2PSi. The number of benzene rings is 2. The van der Waals surface area contributed by atoms with Crippen molar-refractivity contribution in [3.05, 3.63) is 84.0 Å². The van der Waals surface area contributed by atoms with Crippen LogP contribution in [0.2, 0.25) is 5.04 Å². The van der Waals surface area contributed by atoms with Gasteiger partial charge in [-0.1, -0.05) is 114 Å². The Morgan fingerprint density at radius 3 is 2.00 bits per heavy atom. The van der Waals surface area contributed by atoms with E-state index in [-0.39, 0.29) is 5.04 Å². The molecule has 0 fully saturated rings. The molecule has 36 heavy (non-hydrogen) atoms. The first-order chi connectivity index (χ1) is 17.2. The molecule has 0 aromatic heterocycles. The number of rotatable bonds is 16. The minimum Gasteiger partial charge on any atom is -0.424 e. The van der Waals surface area contributed by atoms with E-state index < -0.39 is 8.32 Å². The van der Waals surface area contributed by atoms with Crippen LogP contribution in [0.4, 0.5) is 0 Å². The summed E-state index contributed by atoms with van der Waals surface area (Å²) in [6.45, 7) is 11.7. The van der Waals surface area contributed by atoms with E-state index in [0.29, 0.717) is 12.8 Å². The van der Waals surface area contributed by atoms with Gasteiger partial charge in [0.25, 0.3) is 8.32 Å². The van der Waals surface area contributed by atoms with E-state index in [2.05, 4.69) is 85.5 Å². The molecule has 0 spiro atoms. The highest BCUT2D eigenvalue weighted by Gasteiger charge is 2.49. The summed E-state index contributed by atoms with van der Waals surface area (Å²) in [5.74, 6) is 0. The topological polar surface area (TPSA) is 41.5 Å². The Bertz CT molecular complexity index is 904. The second kappa shape index (κ2) is 15.6. The van der Waals surface area contributed by atoms with Gasteiger partial charge in [-0.3, -0.25) is 5.09 Å². The average molecular weight is 526 g/mol. The first-order valence-corrected chi connectivity index (χ1v) is 16.0. The largest absolute Gasteiger partial charge is 0.424 e. The van der Waals surface area contributed by atoms with Crippen molar-refractivity contribution in [3.8, 4) is 0 Å². The third-order valence-electron chi connectivity index (χ3n) is 7.37. The lowest BCUT2D eigenvalue weighted by Gasteiger charge is -2.41. The molecule has 2 aromatic carbocycles. The number of allylic oxidation sites excluding steroid dienone is 4. The van der Waals surface area contributed by atoms with Crippen molar-refractivity contribution in [2.45, 2.75) is 90.7 Å². The quantitative estimate of drug-likeness (QED) is 0.109. The van der Waals surface area contributed by atoms with Crippen LogP contribution in [0.15, 0.2) is 84.0 Å². The minimum atomic E-state index is -2.93. The van der Waals surface area contributed by atoms with Crippen LogP contribution in [0, 0.1) is 0 Å². The maximum absolute atomic E-state index is 12.3. The van der Waals surface area contributed by atoms with E-state index in [4.69, 9.17) is 4.74 Å². The van der Waals surface area contributed by atoms with Crippen molar-refractivity contribution < 1.29 is 9.53 Å². The number of hydrogen-bond donors (Lipinski definition) is 2. The lowest BCUT2D eigenvalue weighted by Crippen LogP contribution is -2.65. The summed E-state index contributed by atoms with van der Waals surface area (Å²) in [4.78, 5) is 12.3. The van der Waals surface area contributed by atoms with Crippen molar-refractivity contribution in [1.82, 2.24) is 5.09 Å². The van der Waals surface area contributed by atoms with Gasteiger partial charge in [-0.05, 0) is 74.2 Å². The first kappa shape index (κ1) is 30.7. The molecule has 0 bridgehead atoms. The Morgan fingerprint density at radius 2 is 1.47 bits per heavy atom. The van der Waals surface area contributed by atoms with Crippen LogP contribution in [0.25, 0.3) is 0 Å². The fourth-order valence-electron chi connectivity index (χ4n) is 4.88. The lowest BCUT2D eigenvalue weighted by atomic mass is 10.0. The van der Waals surface area contributed by atoms with Gasteiger partial charge in [-0.25, -0.2) is 0 Å². The molecule has 2 atom stereocenters. The number of nitrogens with one attached hydrogen (secondary N) is 1. The second-order valence-corrected chi connectivity index (χ2v) is 14.9. The smallest absolute Gasteiger partial charge is 0.258 e. The summed E-state index contributed by atoms with van der Waals surface area (Å²) in [5, 5.41) is 4.95. The number of ether oxygens (including phenoxy) is 1. The molecule has 0 aliphatic heterocycles. The SMILES string of the molecule is CCC(CC/C(C)=C/CC/C(C)=C/CCC(C)(C)[Si](O)(c1ccccc1)c1ccccc1)OCNP. The van der Waals surface area contributed by atoms with E-state index in [9.17, 15) is 4.80 Å². The van der Waals surface area contributed by atoms with E-state index in [1.165, 1.54) is 11.1 Å². The summed E-state index contributed by atoms with van der Waals surface area (Å²) >= 11 is 0. The zero-order chi connectivity index (χ0) is 26.4. The molecule has 0 saturated carbocycles. The molecule has 0 aliphatic rings. The van der Waals surface area contributed by atoms with Crippen molar-refractivity contribution in [2.24, 2.45) is 0 Å². The Morgan fingerprint density at radius 1 is 0.944 bits per heavy atom. The molecule has 2 aromatic rings. The van der Waals surface area contributed by atoms with Gasteiger partial charge in [0, 0.05) is 0 Å². The third kappa shape index (κ3) is 9.08. The van der Waals surface area contributed by atoms with Crippen LogP contribution >= 0.6 is 9.39 Å². The Balaban J connectivity index is 1.95. The molecule has 0 amide bonds. The summed E-state index contributed by atoms with van der Waals surface area (Å²) in [6, 6.07) is 20.6. The van der Waals surface area contributed by atoms with Crippen molar-refractivity contribution in [1.29, 1.82) is 0 Å². The van der Waals surface area contributed by atoms with Gasteiger partial charge in [0.2, 0.25) is 0 Å². The molecular weight excluding hydrogens is 477 g/mol. The van der Waals surface area contributed by atoms with Crippen LogP contribution in [-0.2, 0) is 4.74 Å². The highest BCUT2D eigenvalue weighted by Crippen LogP contribution is 2.40. The molecule has 3 nitrogen and oxygen atoms in total. The Labute approximate surface area is 223 Å². The van der Waals surface area contributed by atoms with Gasteiger partial charge in [0.05, 0.1) is 12.8 Å². The Kier molecular flexibility index (Phi) is 13.3. The molecule has 0 heterocycles. The molecule has 198 valence electrons. The molecule has 2 rings (SSSR count). The molecule has 5 heteroatoms. The van der Waals surface area contributed by atoms with Crippen LogP contribution in [0.5, 0.6) is 0 Å². The van der Waals surface area contributed by atoms with E-state index >= 15 is 0 Å². The Hall–Kier alpha value is -1.55. The zero-order valence-electron chi connectivity index (χ0n) is 23.1. The summed E-state index contributed by atoms with van der Waals surface area (Å²) in [6.07, 6.45) is 12.4. The van der Waals surface area contributed by atoms with Crippen LogP contribution < -0.4 is 15.5 Å². The average Bonchev–Trinajstić information content (AvgIpc) is 2.89. The van der Waals surface area contributed by atoms with Crippen LogP contribution in [-0.4, -0.2) is 25.9 Å². The van der Waals surface area contributed by atoms with Crippen molar-refractivity contribution in [3.63, 3.8) is 0 Å².